The van der Waals surface area contributed by atoms with Gasteiger partial charge in [-0.3, -0.25) is 14.5 Å². The first-order valence-corrected chi connectivity index (χ1v) is 11.4. The average molecular weight is 475 g/mol. The topological polar surface area (TPSA) is 55.9 Å². The summed E-state index contributed by atoms with van der Waals surface area (Å²) in [5.41, 5.74) is 0.322. The van der Waals surface area contributed by atoms with Crippen molar-refractivity contribution in [3.63, 3.8) is 0 Å². The standard InChI is InChI=1S/C25H29F3N4O2/c1-30-10-12-31(13-11-30)17-22(18-6-3-2-4-7-18)29-24(34)19-14-23(33)32(16-19)21-9-5-8-20(15-21)25(26,27)28/h2-9,15,19,22H,10-14,16-17H2,1H3,(H,29,34). The Morgan fingerprint density at radius 2 is 1.76 bits per heavy atom. The number of amides is 2. The van der Waals surface area contributed by atoms with E-state index < -0.39 is 17.7 Å². The summed E-state index contributed by atoms with van der Waals surface area (Å²) in [4.78, 5) is 31.6. The van der Waals surface area contributed by atoms with Crippen molar-refractivity contribution < 1.29 is 22.8 Å². The maximum absolute atomic E-state index is 13.2. The Labute approximate surface area is 197 Å². The van der Waals surface area contributed by atoms with Crippen molar-refractivity contribution in [2.24, 2.45) is 5.92 Å². The van der Waals surface area contributed by atoms with Gasteiger partial charge in [-0.1, -0.05) is 36.4 Å². The summed E-state index contributed by atoms with van der Waals surface area (Å²) in [6.45, 7) is 4.43. The van der Waals surface area contributed by atoms with E-state index in [1.54, 1.807) is 0 Å². The highest BCUT2D eigenvalue weighted by Crippen LogP contribution is 2.33. The van der Waals surface area contributed by atoms with Gasteiger partial charge in [-0.25, -0.2) is 0 Å². The van der Waals surface area contributed by atoms with Gasteiger partial charge in [0.15, 0.2) is 0 Å². The summed E-state index contributed by atoms with van der Waals surface area (Å²) >= 11 is 0. The molecule has 2 aliphatic heterocycles. The highest BCUT2D eigenvalue weighted by Gasteiger charge is 2.37. The van der Waals surface area contributed by atoms with E-state index in [0.29, 0.717) is 6.54 Å². The molecule has 182 valence electrons. The van der Waals surface area contributed by atoms with E-state index in [4.69, 9.17) is 0 Å². The van der Waals surface area contributed by atoms with Gasteiger partial charge in [-0.05, 0) is 30.8 Å². The third kappa shape index (κ3) is 5.77. The molecule has 2 atom stereocenters. The lowest BCUT2D eigenvalue weighted by atomic mass is 10.0. The number of hydrogen-bond acceptors (Lipinski definition) is 4. The number of benzene rings is 2. The number of hydrogen-bond donors (Lipinski definition) is 1. The zero-order valence-electron chi connectivity index (χ0n) is 19.1. The second-order valence-electron chi connectivity index (χ2n) is 9.03. The molecule has 6 nitrogen and oxygen atoms in total. The molecule has 0 radical (unpaired) electrons. The predicted octanol–water partition coefficient (Wildman–Crippen LogP) is 3.16. The highest BCUT2D eigenvalue weighted by molar-refractivity contribution is 6.00. The number of halogens is 3. The number of carbonyl (C=O) groups is 2. The zero-order valence-corrected chi connectivity index (χ0v) is 19.1. The van der Waals surface area contributed by atoms with Crippen LogP contribution in [-0.4, -0.2) is 67.9 Å². The van der Waals surface area contributed by atoms with Gasteiger partial charge in [0, 0.05) is 51.4 Å². The number of likely N-dealkylation sites (N-methyl/N-ethyl adjacent to an activating group) is 1. The fourth-order valence-electron chi connectivity index (χ4n) is 4.48. The number of nitrogens with one attached hydrogen (secondary N) is 1. The summed E-state index contributed by atoms with van der Waals surface area (Å²) in [6, 6.07) is 14.1. The van der Waals surface area contributed by atoms with Crippen LogP contribution < -0.4 is 10.2 Å². The van der Waals surface area contributed by atoms with Crippen LogP contribution in [0.2, 0.25) is 0 Å². The summed E-state index contributed by atoms with van der Waals surface area (Å²) in [6.07, 6.45) is -4.53. The van der Waals surface area contributed by atoms with Gasteiger partial charge >= 0.3 is 6.18 Å². The quantitative estimate of drug-likeness (QED) is 0.699. The molecule has 34 heavy (non-hydrogen) atoms. The summed E-state index contributed by atoms with van der Waals surface area (Å²) < 4.78 is 39.3. The molecule has 2 fully saturated rings. The van der Waals surface area contributed by atoms with E-state index >= 15 is 0 Å². The third-order valence-corrected chi connectivity index (χ3v) is 6.54. The molecule has 0 aromatic heterocycles. The Kier molecular flexibility index (Phi) is 7.23. The molecule has 2 unspecified atom stereocenters. The van der Waals surface area contributed by atoms with Crippen molar-refractivity contribution in [1.29, 1.82) is 0 Å². The minimum absolute atomic E-state index is 0.0297. The average Bonchev–Trinajstić information content (AvgIpc) is 3.22. The van der Waals surface area contributed by atoms with Crippen molar-refractivity contribution in [1.82, 2.24) is 15.1 Å². The first kappa shape index (κ1) is 24.2. The second-order valence-corrected chi connectivity index (χ2v) is 9.03. The Bertz CT molecular complexity index is 1010. The first-order valence-electron chi connectivity index (χ1n) is 11.4. The Balaban J connectivity index is 1.45. The summed E-state index contributed by atoms with van der Waals surface area (Å²) in [7, 11) is 2.08. The van der Waals surface area contributed by atoms with E-state index in [9.17, 15) is 22.8 Å². The third-order valence-electron chi connectivity index (χ3n) is 6.54. The van der Waals surface area contributed by atoms with E-state index in [0.717, 1.165) is 43.9 Å². The van der Waals surface area contributed by atoms with Crippen molar-refractivity contribution in [2.45, 2.75) is 18.6 Å². The summed E-state index contributed by atoms with van der Waals surface area (Å²) in [5.74, 6) is -1.23. The van der Waals surface area contributed by atoms with Crippen LogP contribution in [0.15, 0.2) is 54.6 Å². The van der Waals surface area contributed by atoms with Gasteiger partial charge < -0.3 is 15.1 Å². The van der Waals surface area contributed by atoms with Crippen molar-refractivity contribution >= 4 is 17.5 Å². The number of piperazine rings is 1. The van der Waals surface area contributed by atoms with Crippen LogP contribution >= 0.6 is 0 Å². The van der Waals surface area contributed by atoms with E-state index in [1.807, 2.05) is 30.3 Å². The number of nitrogens with zero attached hydrogens (tertiary/aromatic N) is 3. The molecule has 4 rings (SSSR count). The minimum atomic E-state index is -4.50. The lowest BCUT2D eigenvalue weighted by molar-refractivity contribution is -0.137. The van der Waals surface area contributed by atoms with Crippen molar-refractivity contribution in [2.75, 3.05) is 51.2 Å². The normalized spacial score (nSPS) is 21.0. The van der Waals surface area contributed by atoms with Crippen LogP contribution in [0.3, 0.4) is 0 Å². The predicted molar refractivity (Wildman–Crippen MR) is 123 cm³/mol. The van der Waals surface area contributed by atoms with Crippen LogP contribution in [0.5, 0.6) is 0 Å². The van der Waals surface area contributed by atoms with Gasteiger partial charge in [-0.2, -0.15) is 13.2 Å². The number of rotatable bonds is 6. The molecule has 2 saturated heterocycles. The molecule has 9 heteroatoms. The molecule has 0 bridgehead atoms. The monoisotopic (exact) mass is 474 g/mol. The second kappa shape index (κ2) is 10.1. The lowest BCUT2D eigenvalue weighted by Crippen LogP contribution is -2.48. The lowest BCUT2D eigenvalue weighted by Gasteiger charge is -2.35. The fraction of sp³-hybridized carbons (Fsp3) is 0.440. The van der Waals surface area contributed by atoms with Gasteiger partial charge in [0.25, 0.3) is 0 Å². The van der Waals surface area contributed by atoms with Crippen LogP contribution in [0.25, 0.3) is 0 Å². The van der Waals surface area contributed by atoms with E-state index in [-0.39, 0.29) is 36.5 Å². The van der Waals surface area contributed by atoms with Gasteiger partial charge in [0.05, 0.1) is 17.5 Å². The van der Waals surface area contributed by atoms with Crippen molar-refractivity contribution in [3.05, 3.63) is 65.7 Å². The van der Waals surface area contributed by atoms with Gasteiger partial charge in [-0.15, -0.1) is 0 Å². The van der Waals surface area contributed by atoms with Crippen LogP contribution in [0, 0.1) is 5.92 Å². The molecule has 0 aliphatic carbocycles. The number of anilines is 1. The number of alkyl halides is 3. The molecule has 2 aromatic carbocycles. The fourth-order valence-corrected chi connectivity index (χ4v) is 4.48. The molecule has 0 spiro atoms. The smallest absolute Gasteiger partial charge is 0.348 e. The molecule has 2 amide bonds. The largest absolute Gasteiger partial charge is 0.416 e. The Morgan fingerprint density at radius 3 is 2.44 bits per heavy atom. The molecular weight excluding hydrogens is 445 g/mol. The maximum Gasteiger partial charge on any atom is 0.416 e. The molecule has 2 heterocycles. The SMILES string of the molecule is CN1CCN(CC(NC(=O)C2CC(=O)N(c3cccc(C(F)(F)F)c3)C2)c2ccccc2)CC1. The molecular formula is C25H29F3N4O2. The van der Waals surface area contributed by atoms with E-state index in [2.05, 4.69) is 22.2 Å². The van der Waals surface area contributed by atoms with E-state index in [1.165, 1.54) is 17.0 Å². The number of carbonyl (C=O) groups excluding carboxylic acids is 2. The highest BCUT2D eigenvalue weighted by atomic mass is 19.4. The van der Waals surface area contributed by atoms with Crippen LogP contribution in [0.4, 0.5) is 18.9 Å². The van der Waals surface area contributed by atoms with Crippen LogP contribution in [0.1, 0.15) is 23.6 Å². The molecule has 1 N–H and O–H groups in total. The van der Waals surface area contributed by atoms with Gasteiger partial charge in [0.1, 0.15) is 0 Å². The van der Waals surface area contributed by atoms with Crippen molar-refractivity contribution in [3.8, 4) is 0 Å². The first-order chi connectivity index (χ1) is 16.2. The van der Waals surface area contributed by atoms with Crippen LogP contribution in [-0.2, 0) is 15.8 Å². The molecule has 2 aliphatic rings. The van der Waals surface area contributed by atoms with Gasteiger partial charge in [0.2, 0.25) is 11.8 Å². The Hall–Kier alpha value is -2.91. The Morgan fingerprint density at radius 1 is 1.06 bits per heavy atom. The zero-order chi connectivity index (χ0) is 24.3. The minimum Gasteiger partial charge on any atom is -0.348 e. The maximum atomic E-state index is 13.2. The molecule has 0 saturated carbocycles. The summed E-state index contributed by atoms with van der Waals surface area (Å²) in [5, 5.41) is 3.11. The molecule has 2 aromatic rings.